The molecule has 5 nitrogen and oxygen atoms in total. The quantitative estimate of drug-likeness (QED) is 0.647. The van der Waals surface area contributed by atoms with Crippen LogP contribution >= 0.6 is 22.6 Å². The summed E-state index contributed by atoms with van der Waals surface area (Å²) in [6.45, 7) is 0. The first-order valence-corrected chi connectivity index (χ1v) is 6.76. The van der Waals surface area contributed by atoms with Crippen molar-refractivity contribution in [2.24, 2.45) is 0 Å². The average molecular weight is 388 g/mol. The van der Waals surface area contributed by atoms with Crippen LogP contribution in [0.5, 0.6) is 17.2 Å². The maximum atomic E-state index is 11.6. The predicted octanol–water partition coefficient (Wildman–Crippen LogP) is 2.95. The highest BCUT2D eigenvalue weighted by atomic mass is 127. The van der Waals surface area contributed by atoms with Gasteiger partial charge >= 0.3 is 5.97 Å². The van der Waals surface area contributed by atoms with Crippen LogP contribution in [0.25, 0.3) is 10.8 Å². The number of carbonyl (C=O) groups excluding carboxylic acids is 1. The number of esters is 1. The van der Waals surface area contributed by atoms with Gasteiger partial charge in [0, 0.05) is 11.5 Å². The number of benzene rings is 2. The van der Waals surface area contributed by atoms with Gasteiger partial charge in [-0.15, -0.1) is 0 Å². The Morgan fingerprint density at radius 1 is 1.10 bits per heavy atom. The molecule has 0 saturated carbocycles. The number of aromatic hydroxyl groups is 1. The Morgan fingerprint density at radius 2 is 1.75 bits per heavy atom. The zero-order chi connectivity index (χ0) is 14.9. The largest absolute Gasteiger partial charge is 0.507 e. The van der Waals surface area contributed by atoms with Gasteiger partial charge in [-0.05, 0) is 34.7 Å². The van der Waals surface area contributed by atoms with Gasteiger partial charge in [0.25, 0.3) is 0 Å². The van der Waals surface area contributed by atoms with Gasteiger partial charge in [-0.25, -0.2) is 4.79 Å². The second-order valence-electron chi connectivity index (χ2n) is 4.00. The van der Waals surface area contributed by atoms with Gasteiger partial charge < -0.3 is 19.3 Å². The molecule has 0 fully saturated rings. The van der Waals surface area contributed by atoms with Crippen molar-refractivity contribution in [3.8, 4) is 17.2 Å². The lowest BCUT2D eigenvalue weighted by Crippen LogP contribution is -2.02. The zero-order valence-electron chi connectivity index (χ0n) is 11.2. The SMILES string of the molecule is COC(=O)c1cc(O)c2c(OC)cc(OC)c(I)c2c1. The maximum absolute atomic E-state index is 11.6. The molecular formula is C14H13IO5. The van der Waals surface area contributed by atoms with Crippen molar-refractivity contribution in [1.82, 2.24) is 0 Å². The molecule has 106 valence electrons. The molecule has 1 N–H and O–H groups in total. The van der Waals surface area contributed by atoms with E-state index in [1.54, 1.807) is 19.2 Å². The fraction of sp³-hybridized carbons (Fsp3) is 0.214. The summed E-state index contributed by atoms with van der Waals surface area (Å²) in [7, 11) is 4.35. The number of hydrogen-bond donors (Lipinski definition) is 1. The molecule has 0 spiro atoms. The summed E-state index contributed by atoms with van der Waals surface area (Å²) in [5, 5.41) is 11.4. The molecular weight excluding hydrogens is 375 g/mol. The van der Waals surface area contributed by atoms with Crippen LogP contribution in [0.15, 0.2) is 18.2 Å². The minimum atomic E-state index is -0.514. The molecule has 6 heteroatoms. The number of ether oxygens (including phenoxy) is 3. The van der Waals surface area contributed by atoms with Crippen LogP contribution in [0, 0.1) is 3.57 Å². The van der Waals surface area contributed by atoms with Crippen molar-refractivity contribution in [1.29, 1.82) is 0 Å². The van der Waals surface area contributed by atoms with Crippen molar-refractivity contribution >= 4 is 39.3 Å². The highest BCUT2D eigenvalue weighted by Crippen LogP contribution is 2.41. The minimum absolute atomic E-state index is 0.0414. The van der Waals surface area contributed by atoms with Gasteiger partial charge in [-0.3, -0.25) is 0 Å². The standard InChI is InChI=1S/C14H13IO5/c1-18-10-6-11(19-2)13(15)8-4-7(14(17)20-3)5-9(16)12(8)10/h4-6,16H,1-3H3. The Morgan fingerprint density at radius 3 is 2.30 bits per heavy atom. The summed E-state index contributed by atoms with van der Waals surface area (Å²) in [4.78, 5) is 11.6. The second-order valence-corrected chi connectivity index (χ2v) is 5.08. The van der Waals surface area contributed by atoms with E-state index in [4.69, 9.17) is 9.47 Å². The summed E-state index contributed by atoms with van der Waals surface area (Å²) in [6.07, 6.45) is 0. The molecule has 0 unspecified atom stereocenters. The van der Waals surface area contributed by atoms with Crippen LogP contribution in [-0.2, 0) is 4.74 Å². The smallest absolute Gasteiger partial charge is 0.338 e. The number of halogens is 1. The molecule has 0 aliphatic rings. The maximum Gasteiger partial charge on any atom is 0.338 e. The van der Waals surface area contributed by atoms with Crippen LogP contribution in [-0.4, -0.2) is 32.4 Å². The van der Waals surface area contributed by atoms with Crippen molar-refractivity contribution in [3.63, 3.8) is 0 Å². The predicted molar refractivity (Wildman–Crippen MR) is 82.8 cm³/mol. The Kier molecular flexibility index (Phi) is 4.22. The van der Waals surface area contributed by atoms with E-state index in [0.29, 0.717) is 22.3 Å². The molecule has 2 aromatic carbocycles. The fourth-order valence-electron chi connectivity index (χ4n) is 1.99. The van der Waals surface area contributed by atoms with Crippen LogP contribution in [0.2, 0.25) is 0 Å². The Labute approximate surface area is 129 Å². The number of carbonyl (C=O) groups is 1. The second kappa shape index (κ2) is 5.74. The Hall–Kier alpha value is -1.70. The number of methoxy groups -OCH3 is 3. The lowest BCUT2D eigenvalue weighted by atomic mass is 10.0. The van der Waals surface area contributed by atoms with Gasteiger partial charge in [0.05, 0.1) is 35.8 Å². The van der Waals surface area contributed by atoms with Gasteiger partial charge in [-0.2, -0.15) is 0 Å². The van der Waals surface area contributed by atoms with E-state index in [2.05, 4.69) is 27.3 Å². The third-order valence-corrected chi connectivity index (χ3v) is 4.05. The summed E-state index contributed by atoms with van der Waals surface area (Å²) >= 11 is 2.10. The molecule has 0 aliphatic carbocycles. The van der Waals surface area contributed by atoms with Crippen molar-refractivity contribution in [3.05, 3.63) is 27.3 Å². The van der Waals surface area contributed by atoms with E-state index in [9.17, 15) is 9.90 Å². The first kappa shape index (κ1) is 14.7. The minimum Gasteiger partial charge on any atom is -0.507 e. The number of phenols is 1. The van der Waals surface area contributed by atoms with E-state index in [-0.39, 0.29) is 11.3 Å². The molecule has 0 radical (unpaired) electrons. The van der Waals surface area contributed by atoms with Crippen molar-refractivity contribution in [2.75, 3.05) is 21.3 Å². The molecule has 0 bridgehead atoms. The number of rotatable bonds is 3. The van der Waals surface area contributed by atoms with Gasteiger partial charge in [0.1, 0.15) is 17.2 Å². The van der Waals surface area contributed by atoms with Crippen LogP contribution < -0.4 is 9.47 Å². The third-order valence-electron chi connectivity index (χ3n) is 2.94. The Bertz CT molecular complexity index is 681. The molecule has 0 saturated heterocycles. The molecule has 0 aliphatic heterocycles. The first-order valence-electron chi connectivity index (χ1n) is 5.69. The highest BCUT2D eigenvalue weighted by Gasteiger charge is 2.18. The summed E-state index contributed by atoms with van der Waals surface area (Å²) in [5.74, 6) is 0.530. The topological polar surface area (TPSA) is 65.0 Å². The van der Waals surface area contributed by atoms with E-state index in [1.165, 1.54) is 20.3 Å². The molecule has 0 amide bonds. The van der Waals surface area contributed by atoms with Crippen molar-refractivity contribution < 1.29 is 24.1 Å². The van der Waals surface area contributed by atoms with Crippen LogP contribution in [0.1, 0.15) is 10.4 Å². The molecule has 0 heterocycles. The fourth-order valence-corrected chi connectivity index (χ4v) is 2.79. The Balaban J connectivity index is 2.86. The molecule has 0 aromatic heterocycles. The normalized spacial score (nSPS) is 10.4. The summed E-state index contributed by atoms with van der Waals surface area (Å²) in [6, 6.07) is 4.70. The first-order chi connectivity index (χ1) is 9.53. The van der Waals surface area contributed by atoms with E-state index < -0.39 is 5.97 Å². The van der Waals surface area contributed by atoms with E-state index in [0.717, 1.165) is 3.57 Å². The number of phenolic OH excluding ortho intramolecular Hbond substituents is 1. The molecule has 20 heavy (non-hydrogen) atoms. The lowest BCUT2D eigenvalue weighted by molar-refractivity contribution is 0.0600. The monoisotopic (exact) mass is 388 g/mol. The van der Waals surface area contributed by atoms with Gasteiger partial charge in [-0.1, -0.05) is 0 Å². The van der Waals surface area contributed by atoms with Gasteiger partial charge in [0.15, 0.2) is 0 Å². The third kappa shape index (κ3) is 2.35. The van der Waals surface area contributed by atoms with Gasteiger partial charge in [0.2, 0.25) is 0 Å². The summed E-state index contributed by atoms with van der Waals surface area (Å²) in [5.41, 5.74) is 0.269. The van der Waals surface area contributed by atoms with E-state index >= 15 is 0 Å². The van der Waals surface area contributed by atoms with E-state index in [1.807, 2.05) is 0 Å². The molecule has 0 atom stereocenters. The highest BCUT2D eigenvalue weighted by molar-refractivity contribution is 14.1. The lowest BCUT2D eigenvalue weighted by Gasteiger charge is -2.13. The van der Waals surface area contributed by atoms with Crippen LogP contribution in [0.4, 0.5) is 0 Å². The van der Waals surface area contributed by atoms with Crippen molar-refractivity contribution in [2.45, 2.75) is 0 Å². The summed E-state index contributed by atoms with van der Waals surface area (Å²) < 4.78 is 16.0. The zero-order valence-corrected chi connectivity index (χ0v) is 13.3. The number of fused-ring (bicyclic) bond motifs is 1. The van der Waals surface area contributed by atoms with Crippen LogP contribution in [0.3, 0.4) is 0 Å². The average Bonchev–Trinajstić information content (AvgIpc) is 2.47. The molecule has 2 aromatic rings. The number of hydrogen-bond acceptors (Lipinski definition) is 5. The molecule has 2 rings (SSSR count).